The molecule has 4 nitrogen and oxygen atoms in total. The topological polar surface area (TPSA) is 36.9 Å². The molecule has 2 unspecified atom stereocenters. The highest BCUT2D eigenvalue weighted by Gasteiger charge is 2.34. The van der Waals surface area contributed by atoms with E-state index in [1.54, 1.807) is 0 Å². The van der Waals surface area contributed by atoms with Gasteiger partial charge in [-0.1, -0.05) is 6.92 Å². The molecule has 2 rings (SSSR count). The highest BCUT2D eigenvalue weighted by molar-refractivity contribution is 14.0. The summed E-state index contributed by atoms with van der Waals surface area (Å²) in [6.45, 7) is 7.31. The van der Waals surface area contributed by atoms with Gasteiger partial charge in [0.1, 0.15) is 0 Å². The van der Waals surface area contributed by atoms with Crippen molar-refractivity contribution in [1.29, 1.82) is 0 Å². The SMILES string of the molecule is CCOC1CCN(C(=NC)NC2CC2C)CC1.I. The van der Waals surface area contributed by atoms with Crippen LogP contribution in [0.1, 0.15) is 33.1 Å². The second-order valence-corrected chi connectivity index (χ2v) is 5.15. The fourth-order valence-electron chi connectivity index (χ4n) is 2.46. The number of ether oxygens (including phenoxy) is 1. The van der Waals surface area contributed by atoms with Crippen LogP contribution in [-0.2, 0) is 4.74 Å². The predicted octanol–water partition coefficient (Wildman–Crippen LogP) is 2.09. The normalized spacial score (nSPS) is 28.8. The third kappa shape index (κ3) is 4.26. The van der Waals surface area contributed by atoms with E-state index >= 15 is 0 Å². The molecule has 1 aliphatic carbocycles. The van der Waals surface area contributed by atoms with Gasteiger partial charge in [0.2, 0.25) is 0 Å². The lowest BCUT2D eigenvalue weighted by Crippen LogP contribution is -2.47. The zero-order chi connectivity index (χ0) is 12.3. The smallest absolute Gasteiger partial charge is 0.193 e. The van der Waals surface area contributed by atoms with Gasteiger partial charge < -0.3 is 15.0 Å². The summed E-state index contributed by atoms with van der Waals surface area (Å²) in [6.07, 6.45) is 3.98. The van der Waals surface area contributed by atoms with Crippen LogP contribution in [0.4, 0.5) is 0 Å². The van der Waals surface area contributed by atoms with Gasteiger partial charge in [0.05, 0.1) is 6.10 Å². The molecule has 2 atom stereocenters. The van der Waals surface area contributed by atoms with Crippen LogP contribution in [0.5, 0.6) is 0 Å². The molecule has 18 heavy (non-hydrogen) atoms. The second kappa shape index (κ2) is 7.53. The fourth-order valence-corrected chi connectivity index (χ4v) is 2.46. The van der Waals surface area contributed by atoms with Gasteiger partial charge in [-0.15, -0.1) is 24.0 Å². The Labute approximate surface area is 128 Å². The maximum Gasteiger partial charge on any atom is 0.193 e. The Hall–Kier alpha value is -0.0400. The van der Waals surface area contributed by atoms with Crippen LogP contribution in [0.25, 0.3) is 0 Å². The van der Waals surface area contributed by atoms with E-state index in [1.165, 1.54) is 6.42 Å². The third-order valence-electron chi connectivity index (χ3n) is 3.78. The van der Waals surface area contributed by atoms with E-state index in [4.69, 9.17) is 4.74 Å². The Kier molecular flexibility index (Phi) is 6.70. The molecule has 0 amide bonds. The van der Waals surface area contributed by atoms with E-state index in [9.17, 15) is 0 Å². The standard InChI is InChI=1S/C13H25N3O.HI/c1-4-17-11-5-7-16(8-6-11)13(14-3)15-12-9-10(12)2;/h10-12H,4-9H2,1-3H3,(H,14,15);1H. The summed E-state index contributed by atoms with van der Waals surface area (Å²) in [5.41, 5.74) is 0. The Balaban J connectivity index is 0.00000162. The highest BCUT2D eigenvalue weighted by Crippen LogP contribution is 2.29. The van der Waals surface area contributed by atoms with E-state index in [2.05, 4.69) is 29.1 Å². The Bertz CT molecular complexity index is 277. The minimum absolute atomic E-state index is 0. The Morgan fingerprint density at radius 3 is 2.44 bits per heavy atom. The zero-order valence-corrected chi connectivity index (χ0v) is 14.0. The summed E-state index contributed by atoms with van der Waals surface area (Å²) < 4.78 is 5.67. The monoisotopic (exact) mass is 367 g/mol. The average Bonchev–Trinajstić information content (AvgIpc) is 3.04. The number of nitrogens with one attached hydrogen (secondary N) is 1. The molecule has 1 heterocycles. The molecule has 106 valence electrons. The van der Waals surface area contributed by atoms with E-state index in [0.29, 0.717) is 12.1 Å². The lowest BCUT2D eigenvalue weighted by molar-refractivity contribution is 0.0263. The minimum Gasteiger partial charge on any atom is -0.378 e. The third-order valence-corrected chi connectivity index (χ3v) is 3.78. The van der Waals surface area contributed by atoms with Crippen molar-refractivity contribution in [2.24, 2.45) is 10.9 Å². The maximum absolute atomic E-state index is 5.67. The van der Waals surface area contributed by atoms with Gasteiger partial charge in [-0.05, 0) is 32.1 Å². The van der Waals surface area contributed by atoms with E-state index in [1.807, 2.05) is 7.05 Å². The molecule has 5 heteroatoms. The number of rotatable bonds is 3. The highest BCUT2D eigenvalue weighted by atomic mass is 127. The predicted molar refractivity (Wildman–Crippen MR) is 85.7 cm³/mol. The summed E-state index contributed by atoms with van der Waals surface area (Å²) in [4.78, 5) is 6.75. The van der Waals surface area contributed by atoms with E-state index < -0.39 is 0 Å². The van der Waals surface area contributed by atoms with Crippen molar-refractivity contribution < 1.29 is 4.74 Å². The molecule has 1 aliphatic heterocycles. The van der Waals surface area contributed by atoms with E-state index in [0.717, 1.165) is 44.4 Å². The quantitative estimate of drug-likeness (QED) is 0.472. The van der Waals surface area contributed by atoms with E-state index in [-0.39, 0.29) is 24.0 Å². The van der Waals surface area contributed by atoms with Crippen molar-refractivity contribution in [3.8, 4) is 0 Å². The number of aliphatic imine (C=N–C) groups is 1. The number of likely N-dealkylation sites (tertiary alicyclic amines) is 1. The number of hydrogen-bond acceptors (Lipinski definition) is 2. The van der Waals surface area contributed by atoms with Crippen LogP contribution in [0.3, 0.4) is 0 Å². The van der Waals surface area contributed by atoms with Crippen molar-refractivity contribution in [2.75, 3.05) is 26.7 Å². The van der Waals surface area contributed by atoms with Crippen LogP contribution in [0, 0.1) is 5.92 Å². The molecule has 0 aromatic carbocycles. The summed E-state index contributed by atoms with van der Waals surface area (Å²) in [6, 6.07) is 0.651. The molecular formula is C13H26IN3O. The van der Waals surface area contributed by atoms with Crippen LogP contribution in [0.15, 0.2) is 4.99 Å². The lowest BCUT2D eigenvalue weighted by atomic mass is 10.1. The molecule has 0 radical (unpaired) electrons. The van der Waals surface area contributed by atoms with Crippen molar-refractivity contribution >= 4 is 29.9 Å². The van der Waals surface area contributed by atoms with Crippen molar-refractivity contribution in [3.05, 3.63) is 0 Å². The Morgan fingerprint density at radius 1 is 1.39 bits per heavy atom. The zero-order valence-electron chi connectivity index (χ0n) is 11.7. The molecule has 0 spiro atoms. The first-order valence-electron chi connectivity index (χ1n) is 6.84. The Morgan fingerprint density at radius 2 is 2.00 bits per heavy atom. The number of piperidine rings is 1. The van der Waals surface area contributed by atoms with Gasteiger partial charge in [0, 0.05) is 32.8 Å². The number of halogens is 1. The molecule has 1 saturated heterocycles. The van der Waals surface area contributed by atoms with Crippen LogP contribution >= 0.6 is 24.0 Å². The molecule has 1 saturated carbocycles. The molecule has 2 fully saturated rings. The maximum atomic E-state index is 5.67. The first-order chi connectivity index (χ1) is 8.24. The van der Waals surface area contributed by atoms with Crippen LogP contribution in [-0.4, -0.2) is 49.7 Å². The lowest BCUT2D eigenvalue weighted by Gasteiger charge is -2.34. The van der Waals surface area contributed by atoms with Gasteiger partial charge in [-0.3, -0.25) is 4.99 Å². The summed E-state index contributed by atoms with van der Waals surface area (Å²) >= 11 is 0. The number of guanidine groups is 1. The van der Waals surface area contributed by atoms with Gasteiger partial charge in [-0.2, -0.15) is 0 Å². The van der Waals surface area contributed by atoms with Crippen molar-refractivity contribution in [3.63, 3.8) is 0 Å². The molecule has 0 bridgehead atoms. The molecular weight excluding hydrogens is 341 g/mol. The van der Waals surface area contributed by atoms with Gasteiger partial charge in [0.15, 0.2) is 5.96 Å². The first kappa shape index (κ1) is 16.0. The number of nitrogens with zero attached hydrogens (tertiary/aromatic N) is 2. The minimum atomic E-state index is 0. The summed E-state index contributed by atoms with van der Waals surface area (Å²) in [5, 5.41) is 3.54. The number of hydrogen-bond donors (Lipinski definition) is 1. The van der Waals surface area contributed by atoms with Crippen LogP contribution in [0.2, 0.25) is 0 Å². The van der Waals surface area contributed by atoms with Crippen molar-refractivity contribution in [1.82, 2.24) is 10.2 Å². The average molecular weight is 367 g/mol. The van der Waals surface area contributed by atoms with Crippen molar-refractivity contribution in [2.45, 2.75) is 45.3 Å². The summed E-state index contributed by atoms with van der Waals surface area (Å²) in [5.74, 6) is 1.89. The largest absolute Gasteiger partial charge is 0.378 e. The van der Waals surface area contributed by atoms with Gasteiger partial charge in [-0.25, -0.2) is 0 Å². The summed E-state index contributed by atoms with van der Waals surface area (Å²) in [7, 11) is 1.88. The molecule has 1 N–H and O–H groups in total. The first-order valence-corrected chi connectivity index (χ1v) is 6.84. The van der Waals surface area contributed by atoms with Gasteiger partial charge in [0.25, 0.3) is 0 Å². The van der Waals surface area contributed by atoms with Gasteiger partial charge >= 0.3 is 0 Å². The molecule has 0 aromatic heterocycles. The fraction of sp³-hybridized carbons (Fsp3) is 0.923. The molecule has 2 aliphatic rings. The van der Waals surface area contributed by atoms with Crippen LogP contribution < -0.4 is 5.32 Å². The second-order valence-electron chi connectivity index (χ2n) is 5.15. The molecule has 0 aromatic rings.